The van der Waals surface area contributed by atoms with Crippen molar-refractivity contribution in [1.82, 2.24) is 4.98 Å². The molecule has 1 atom stereocenters. The van der Waals surface area contributed by atoms with Gasteiger partial charge in [-0.1, -0.05) is 37.3 Å². The molecule has 204 valence electrons. The van der Waals surface area contributed by atoms with Crippen LogP contribution in [0.2, 0.25) is 0 Å². The lowest BCUT2D eigenvalue weighted by molar-refractivity contribution is -0.132. The summed E-state index contributed by atoms with van der Waals surface area (Å²) >= 11 is 1.05. The Kier molecular flexibility index (Phi) is 8.50. The molecule has 4 rings (SSSR count). The molecule has 1 N–H and O–H groups in total. The molecule has 1 aromatic heterocycles. The number of aliphatic hydroxyl groups is 1. The van der Waals surface area contributed by atoms with Crippen LogP contribution < -0.4 is 14.4 Å². The minimum absolute atomic E-state index is 0.0688. The van der Waals surface area contributed by atoms with Crippen LogP contribution in [0.1, 0.15) is 66.7 Å². The van der Waals surface area contributed by atoms with E-state index in [1.54, 1.807) is 49.4 Å². The fourth-order valence-corrected chi connectivity index (χ4v) is 5.36. The van der Waals surface area contributed by atoms with Crippen molar-refractivity contribution < 1.29 is 29.0 Å². The van der Waals surface area contributed by atoms with Crippen molar-refractivity contribution in [2.45, 2.75) is 47.1 Å². The monoisotopic (exact) mass is 548 g/mol. The average Bonchev–Trinajstić information content (AvgIpc) is 3.41. The van der Waals surface area contributed by atoms with E-state index in [1.807, 2.05) is 13.0 Å². The van der Waals surface area contributed by atoms with Gasteiger partial charge >= 0.3 is 5.91 Å². The van der Waals surface area contributed by atoms with Gasteiger partial charge in [-0.25, -0.2) is 4.98 Å². The van der Waals surface area contributed by atoms with Gasteiger partial charge in [0, 0.05) is 12.5 Å². The van der Waals surface area contributed by atoms with Crippen LogP contribution in [0.25, 0.3) is 5.76 Å². The summed E-state index contributed by atoms with van der Waals surface area (Å²) in [5, 5.41) is 11.6. The molecular formula is C30H32N2O6S. The predicted molar refractivity (Wildman–Crippen MR) is 151 cm³/mol. The molecule has 0 spiro atoms. The average molecular weight is 549 g/mol. The van der Waals surface area contributed by atoms with Gasteiger partial charge in [0.1, 0.15) is 17.3 Å². The number of thiazole rings is 1. The Morgan fingerprint density at radius 3 is 2.44 bits per heavy atom. The zero-order valence-electron chi connectivity index (χ0n) is 22.7. The van der Waals surface area contributed by atoms with Crippen molar-refractivity contribution in [3.8, 4) is 11.5 Å². The van der Waals surface area contributed by atoms with Gasteiger partial charge in [0.25, 0.3) is 5.78 Å². The van der Waals surface area contributed by atoms with Crippen LogP contribution in [0, 0.1) is 12.8 Å². The number of anilines is 1. The fraction of sp³-hybridized carbons (Fsp3) is 0.333. The third kappa shape index (κ3) is 5.88. The lowest BCUT2D eigenvalue weighted by Crippen LogP contribution is -2.29. The summed E-state index contributed by atoms with van der Waals surface area (Å²) in [4.78, 5) is 45.2. The molecule has 8 nitrogen and oxygen atoms in total. The number of amides is 1. The number of hydrogen-bond acceptors (Lipinski definition) is 8. The topological polar surface area (TPSA) is 106 Å². The molecule has 3 aromatic rings. The molecule has 1 saturated heterocycles. The van der Waals surface area contributed by atoms with Crippen LogP contribution in [0.15, 0.2) is 54.1 Å². The van der Waals surface area contributed by atoms with Gasteiger partial charge in [-0.05, 0) is 68.1 Å². The number of aryl methyl sites for hydroxylation is 1. The highest BCUT2D eigenvalue weighted by Gasteiger charge is 2.48. The smallest absolute Gasteiger partial charge is 0.301 e. The summed E-state index contributed by atoms with van der Waals surface area (Å²) in [5.74, 6) is -0.489. The number of benzene rings is 2. The van der Waals surface area contributed by atoms with E-state index in [9.17, 15) is 19.5 Å². The van der Waals surface area contributed by atoms with Gasteiger partial charge in [0.05, 0.1) is 35.4 Å². The van der Waals surface area contributed by atoms with E-state index >= 15 is 0 Å². The highest BCUT2D eigenvalue weighted by Crippen LogP contribution is 2.44. The van der Waals surface area contributed by atoms with Crippen LogP contribution in [-0.4, -0.2) is 40.8 Å². The van der Waals surface area contributed by atoms with Crippen molar-refractivity contribution in [2.24, 2.45) is 5.92 Å². The number of aromatic nitrogens is 1. The molecule has 1 fully saturated rings. The molecule has 0 saturated carbocycles. The second-order valence-corrected chi connectivity index (χ2v) is 10.7. The van der Waals surface area contributed by atoms with E-state index < -0.39 is 17.7 Å². The largest absolute Gasteiger partial charge is 0.507 e. The highest BCUT2D eigenvalue weighted by molar-refractivity contribution is 7.18. The summed E-state index contributed by atoms with van der Waals surface area (Å²) < 4.78 is 11.4. The summed E-state index contributed by atoms with van der Waals surface area (Å²) in [6.07, 6.45) is 0.868. The molecule has 1 amide bonds. The zero-order valence-corrected chi connectivity index (χ0v) is 23.5. The van der Waals surface area contributed by atoms with Gasteiger partial charge in [-0.3, -0.25) is 19.3 Å². The van der Waals surface area contributed by atoms with Crippen molar-refractivity contribution in [3.63, 3.8) is 0 Å². The van der Waals surface area contributed by atoms with Crippen LogP contribution in [0.5, 0.6) is 11.5 Å². The number of Topliss-reactive ketones (excluding diaryl/α,β-unsaturated/α-hetero) is 2. The standard InChI is InChI=1S/C30H32N2O6S/c1-6-37-22-12-10-20(11-13-22)26(34)24-25(21-8-7-9-23(16-21)38-15-14-17(2)3)32(29(36)27(24)35)30-31-18(4)28(39-30)19(5)33/h7-13,16-17,25,34H,6,14-15H2,1-5H3. The minimum atomic E-state index is -0.976. The number of ether oxygens (including phenoxy) is 2. The van der Waals surface area contributed by atoms with Gasteiger partial charge in [0.2, 0.25) is 0 Å². The van der Waals surface area contributed by atoms with Gasteiger partial charge in [0.15, 0.2) is 10.9 Å². The second kappa shape index (κ2) is 11.8. The predicted octanol–water partition coefficient (Wildman–Crippen LogP) is 6.10. The molecule has 0 bridgehead atoms. The summed E-state index contributed by atoms with van der Waals surface area (Å²) in [7, 11) is 0. The summed E-state index contributed by atoms with van der Waals surface area (Å²) in [6.45, 7) is 10.2. The number of nitrogens with zero attached hydrogens (tertiary/aromatic N) is 2. The first kappa shape index (κ1) is 28.0. The molecule has 2 aromatic carbocycles. The molecule has 0 radical (unpaired) electrons. The van der Waals surface area contributed by atoms with Gasteiger partial charge in [-0.15, -0.1) is 0 Å². The maximum absolute atomic E-state index is 13.5. The van der Waals surface area contributed by atoms with Gasteiger partial charge in [-0.2, -0.15) is 0 Å². The third-order valence-electron chi connectivity index (χ3n) is 6.33. The molecular weight excluding hydrogens is 516 g/mol. The minimum Gasteiger partial charge on any atom is -0.507 e. The maximum Gasteiger partial charge on any atom is 0.301 e. The van der Waals surface area contributed by atoms with Crippen molar-refractivity contribution in [1.29, 1.82) is 0 Å². The molecule has 39 heavy (non-hydrogen) atoms. The van der Waals surface area contributed by atoms with Gasteiger partial charge < -0.3 is 14.6 Å². The van der Waals surface area contributed by atoms with E-state index in [4.69, 9.17) is 9.47 Å². The normalized spacial score (nSPS) is 16.7. The number of aliphatic hydroxyl groups excluding tert-OH is 1. The van der Waals surface area contributed by atoms with Crippen LogP contribution in [-0.2, 0) is 9.59 Å². The van der Waals surface area contributed by atoms with Crippen molar-refractivity contribution in [2.75, 3.05) is 18.1 Å². The Labute approximate surface area is 231 Å². The Morgan fingerprint density at radius 2 is 1.82 bits per heavy atom. The van der Waals surface area contributed by atoms with Crippen molar-refractivity contribution in [3.05, 3.63) is 75.8 Å². The number of carbonyl (C=O) groups is 3. The Morgan fingerprint density at radius 1 is 1.10 bits per heavy atom. The molecule has 0 aliphatic carbocycles. The summed E-state index contributed by atoms with van der Waals surface area (Å²) in [6, 6.07) is 12.8. The zero-order chi connectivity index (χ0) is 28.3. The molecule has 1 aliphatic rings. The first-order chi connectivity index (χ1) is 18.6. The first-order valence-corrected chi connectivity index (χ1v) is 13.7. The van der Waals surface area contributed by atoms with E-state index in [1.165, 1.54) is 11.8 Å². The quantitative estimate of drug-likeness (QED) is 0.141. The van der Waals surface area contributed by atoms with Crippen LogP contribution >= 0.6 is 11.3 Å². The fourth-order valence-electron chi connectivity index (χ4n) is 4.38. The Hall–Kier alpha value is -3.98. The second-order valence-electron chi connectivity index (χ2n) is 9.70. The number of hydrogen-bond donors (Lipinski definition) is 1. The lowest BCUT2D eigenvalue weighted by atomic mass is 9.95. The lowest BCUT2D eigenvalue weighted by Gasteiger charge is -2.23. The van der Waals surface area contributed by atoms with Crippen LogP contribution in [0.3, 0.4) is 0 Å². The molecule has 9 heteroatoms. The van der Waals surface area contributed by atoms with E-state index in [-0.39, 0.29) is 22.2 Å². The van der Waals surface area contributed by atoms with Crippen LogP contribution in [0.4, 0.5) is 5.13 Å². The number of carbonyl (C=O) groups excluding carboxylic acids is 3. The van der Waals surface area contributed by atoms with E-state index in [0.29, 0.717) is 52.3 Å². The molecule has 2 heterocycles. The number of ketones is 2. The molecule has 1 aliphatic heterocycles. The van der Waals surface area contributed by atoms with E-state index in [2.05, 4.69) is 18.8 Å². The van der Waals surface area contributed by atoms with E-state index in [0.717, 1.165) is 17.8 Å². The highest BCUT2D eigenvalue weighted by atomic mass is 32.1. The SMILES string of the molecule is CCOc1ccc(C(O)=C2C(=O)C(=O)N(c3nc(C)c(C(C)=O)s3)C2c2cccc(OCCC(C)C)c2)cc1. The summed E-state index contributed by atoms with van der Waals surface area (Å²) in [5.41, 5.74) is 1.34. The maximum atomic E-state index is 13.5. The first-order valence-electron chi connectivity index (χ1n) is 12.9. The van der Waals surface area contributed by atoms with Crippen molar-refractivity contribution >= 4 is 39.7 Å². The Bertz CT molecular complexity index is 1420. The molecule has 1 unspecified atom stereocenters. The Balaban J connectivity index is 1.85. The number of rotatable bonds is 10. The third-order valence-corrected chi connectivity index (χ3v) is 7.59.